The van der Waals surface area contributed by atoms with E-state index in [9.17, 15) is 4.79 Å². The van der Waals surface area contributed by atoms with E-state index in [1.165, 1.54) is 6.20 Å². The minimum atomic E-state index is -0.852. The first-order chi connectivity index (χ1) is 7.63. The lowest BCUT2D eigenvalue weighted by Crippen LogP contribution is -2.52. The summed E-state index contributed by atoms with van der Waals surface area (Å²) in [6, 6.07) is 1.61. The Morgan fingerprint density at radius 2 is 2.12 bits per heavy atom. The minimum Gasteiger partial charge on any atom is -0.398 e. The summed E-state index contributed by atoms with van der Waals surface area (Å²) in [5.74, 6) is -0.138. The minimum absolute atomic E-state index is 0.138. The molecule has 1 aromatic heterocycles. The lowest BCUT2D eigenvalue weighted by molar-refractivity contribution is 0.0448. The molecule has 0 aromatic carbocycles. The molecule has 5 nitrogen and oxygen atoms in total. The molecule has 1 aliphatic heterocycles. The van der Waals surface area contributed by atoms with Crippen LogP contribution < -0.4 is 11.5 Å². The zero-order chi connectivity index (χ0) is 11.6. The van der Waals surface area contributed by atoms with Crippen molar-refractivity contribution in [2.75, 3.05) is 18.9 Å². The van der Waals surface area contributed by atoms with Crippen LogP contribution in [-0.2, 0) is 4.74 Å². The van der Waals surface area contributed by atoms with Crippen molar-refractivity contribution in [3.05, 3.63) is 24.0 Å². The number of ketones is 1. The van der Waals surface area contributed by atoms with E-state index in [-0.39, 0.29) is 5.78 Å². The Bertz CT molecular complexity index is 400. The van der Waals surface area contributed by atoms with Gasteiger partial charge in [0.05, 0.1) is 11.1 Å². The first kappa shape index (κ1) is 11.0. The van der Waals surface area contributed by atoms with E-state index in [0.717, 1.165) is 0 Å². The third-order valence-corrected chi connectivity index (χ3v) is 2.94. The van der Waals surface area contributed by atoms with Crippen molar-refractivity contribution in [2.45, 2.75) is 18.4 Å². The highest BCUT2D eigenvalue weighted by Gasteiger charge is 2.37. The van der Waals surface area contributed by atoms with Gasteiger partial charge in [-0.2, -0.15) is 0 Å². The molecule has 2 rings (SSSR count). The summed E-state index contributed by atoms with van der Waals surface area (Å²) in [5.41, 5.74) is 11.8. The maximum Gasteiger partial charge on any atom is 0.186 e. The number of nitrogens with two attached hydrogens (primary N) is 2. The third-order valence-electron chi connectivity index (χ3n) is 2.94. The summed E-state index contributed by atoms with van der Waals surface area (Å²) in [5, 5.41) is 0. The van der Waals surface area contributed by atoms with Crippen LogP contribution in [0.2, 0.25) is 0 Å². The van der Waals surface area contributed by atoms with E-state index in [1.54, 1.807) is 12.3 Å². The van der Waals surface area contributed by atoms with E-state index in [1.807, 2.05) is 0 Å². The number of hydrogen-bond acceptors (Lipinski definition) is 5. The average Bonchev–Trinajstić information content (AvgIpc) is 2.30. The zero-order valence-electron chi connectivity index (χ0n) is 8.98. The second-order valence-electron chi connectivity index (χ2n) is 4.06. The van der Waals surface area contributed by atoms with Gasteiger partial charge in [-0.25, -0.2) is 0 Å². The molecule has 5 heteroatoms. The number of anilines is 1. The van der Waals surface area contributed by atoms with Crippen molar-refractivity contribution in [2.24, 2.45) is 5.73 Å². The molecule has 0 amide bonds. The summed E-state index contributed by atoms with van der Waals surface area (Å²) in [6.45, 7) is 1.03. The van der Waals surface area contributed by atoms with Gasteiger partial charge in [-0.15, -0.1) is 0 Å². The van der Waals surface area contributed by atoms with E-state index in [0.29, 0.717) is 37.3 Å². The molecule has 0 atom stereocenters. The Hall–Kier alpha value is -1.46. The van der Waals surface area contributed by atoms with Gasteiger partial charge in [0, 0.05) is 31.3 Å². The average molecular weight is 221 g/mol. The van der Waals surface area contributed by atoms with Gasteiger partial charge in [0.25, 0.3) is 0 Å². The fraction of sp³-hybridized carbons (Fsp3) is 0.455. The Labute approximate surface area is 93.8 Å². The molecule has 0 saturated carbocycles. The molecule has 86 valence electrons. The molecule has 1 aromatic rings. The largest absolute Gasteiger partial charge is 0.398 e. The molecule has 1 aliphatic rings. The van der Waals surface area contributed by atoms with Crippen molar-refractivity contribution < 1.29 is 9.53 Å². The van der Waals surface area contributed by atoms with Crippen LogP contribution in [0.4, 0.5) is 5.69 Å². The molecule has 0 spiro atoms. The van der Waals surface area contributed by atoms with Gasteiger partial charge in [0.2, 0.25) is 0 Å². The predicted octanol–water partition coefficient (Wildman–Crippen LogP) is 0.354. The Kier molecular flexibility index (Phi) is 2.89. The Morgan fingerprint density at radius 3 is 2.75 bits per heavy atom. The van der Waals surface area contributed by atoms with Crippen LogP contribution in [0.25, 0.3) is 0 Å². The molecule has 4 N–H and O–H groups in total. The first-order valence-electron chi connectivity index (χ1n) is 5.24. The number of rotatable bonds is 2. The van der Waals surface area contributed by atoms with E-state index >= 15 is 0 Å². The SMILES string of the molecule is Nc1ccncc1C(=O)C1(N)CCOCC1. The first-order valence-corrected chi connectivity index (χ1v) is 5.24. The number of ether oxygens (including phenoxy) is 1. The molecule has 0 aliphatic carbocycles. The van der Waals surface area contributed by atoms with Crippen molar-refractivity contribution in [3.63, 3.8) is 0 Å². The molecule has 0 unspecified atom stereocenters. The number of nitrogen functional groups attached to an aromatic ring is 1. The quantitative estimate of drug-likeness (QED) is 0.703. The molecule has 0 bridgehead atoms. The van der Waals surface area contributed by atoms with Gasteiger partial charge in [0.15, 0.2) is 5.78 Å². The van der Waals surface area contributed by atoms with E-state index in [4.69, 9.17) is 16.2 Å². The fourth-order valence-electron chi connectivity index (χ4n) is 1.83. The lowest BCUT2D eigenvalue weighted by atomic mass is 9.83. The second-order valence-corrected chi connectivity index (χ2v) is 4.06. The molecular formula is C11H15N3O2. The summed E-state index contributed by atoms with van der Waals surface area (Å²) >= 11 is 0. The standard InChI is InChI=1S/C11H15N3O2/c12-9-1-4-14-7-8(9)10(15)11(13)2-5-16-6-3-11/h1,4,7H,2-3,5-6,13H2,(H2,12,14). The van der Waals surface area contributed by atoms with Crippen LogP contribution in [0.1, 0.15) is 23.2 Å². The Morgan fingerprint density at radius 1 is 1.44 bits per heavy atom. The summed E-state index contributed by atoms with van der Waals surface area (Å²) in [6.07, 6.45) is 4.08. The third kappa shape index (κ3) is 1.91. The normalized spacial score (nSPS) is 19.3. The number of nitrogens with zero attached hydrogens (tertiary/aromatic N) is 1. The van der Waals surface area contributed by atoms with Crippen LogP contribution in [0, 0.1) is 0 Å². The number of aromatic nitrogens is 1. The topological polar surface area (TPSA) is 91.2 Å². The van der Waals surface area contributed by atoms with Gasteiger partial charge >= 0.3 is 0 Å². The van der Waals surface area contributed by atoms with Crippen molar-refractivity contribution >= 4 is 11.5 Å². The van der Waals surface area contributed by atoms with Gasteiger partial charge in [-0.1, -0.05) is 0 Å². The molecule has 1 fully saturated rings. The smallest absolute Gasteiger partial charge is 0.186 e. The summed E-state index contributed by atoms with van der Waals surface area (Å²) in [7, 11) is 0. The fourth-order valence-corrected chi connectivity index (χ4v) is 1.83. The number of Topliss-reactive ketones (excluding diaryl/α,β-unsaturated/α-hetero) is 1. The van der Waals surface area contributed by atoms with Crippen LogP contribution in [0.3, 0.4) is 0 Å². The summed E-state index contributed by atoms with van der Waals surface area (Å²) < 4.78 is 5.20. The highest BCUT2D eigenvalue weighted by atomic mass is 16.5. The molecular weight excluding hydrogens is 206 g/mol. The number of carbonyl (C=O) groups excluding carboxylic acids is 1. The number of pyridine rings is 1. The molecule has 16 heavy (non-hydrogen) atoms. The van der Waals surface area contributed by atoms with Crippen LogP contribution in [-0.4, -0.2) is 29.5 Å². The molecule has 1 saturated heterocycles. The predicted molar refractivity (Wildman–Crippen MR) is 60.0 cm³/mol. The van der Waals surface area contributed by atoms with Crippen molar-refractivity contribution in [1.29, 1.82) is 0 Å². The maximum absolute atomic E-state index is 12.2. The monoisotopic (exact) mass is 221 g/mol. The maximum atomic E-state index is 12.2. The van der Waals surface area contributed by atoms with Crippen LogP contribution in [0.15, 0.2) is 18.5 Å². The lowest BCUT2D eigenvalue weighted by Gasteiger charge is -2.31. The van der Waals surface area contributed by atoms with Crippen LogP contribution in [0.5, 0.6) is 0 Å². The van der Waals surface area contributed by atoms with Gasteiger partial charge in [-0.3, -0.25) is 9.78 Å². The Balaban J connectivity index is 2.28. The van der Waals surface area contributed by atoms with E-state index in [2.05, 4.69) is 4.98 Å². The second kappa shape index (κ2) is 4.19. The highest BCUT2D eigenvalue weighted by Crippen LogP contribution is 2.24. The van der Waals surface area contributed by atoms with Gasteiger partial charge in [0.1, 0.15) is 0 Å². The molecule has 0 radical (unpaired) electrons. The van der Waals surface area contributed by atoms with Gasteiger partial charge in [-0.05, 0) is 18.9 Å². The zero-order valence-corrected chi connectivity index (χ0v) is 8.98. The van der Waals surface area contributed by atoms with Crippen LogP contribution >= 0.6 is 0 Å². The van der Waals surface area contributed by atoms with Gasteiger partial charge < -0.3 is 16.2 Å². The number of hydrogen-bond donors (Lipinski definition) is 2. The molecule has 2 heterocycles. The highest BCUT2D eigenvalue weighted by molar-refractivity contribution is 6.06. The van der Waals surface area contributed by atoms with Crippen molar-refractivity contribution in [3.8, 4) is 0 Å². The summed E-state index contributed by atoms with van der Waals surface area (Å²) in [4.78, 5) is 16.1. The van der Waals surface area contributed by atoms with Crippen molar-refractivity contribution in [1.82, 2.24) is 4.98 Å². The van der Waals surface area contributed by atoms with E-state index < -0.39 is 5.54 Å². The number of carbonyl (C=O) groups is 1.